The Hall–Kier alpha value is -1.64. The molecule has 1 aliphatic heterocycles. The van der Waals surface area contributed by atoms with Gasteiger partial charge in [-0.2, -0.15) is 0 Å². The van der Waals surface area contributed by atoms with Crippen LogP contribution in [0, 0.1) is 17.3 Å². The van der Waals surface area contributed by atoms with Crippen LogP contribution in [0.2, 0.25) is 0 Å². The molecule has 3 aliphatic rings. The summed E-state index contributed by atoms with van der Waals surface area (Å²) in [6.45, 7) is 10.1. The number of esters is 1. The average Bonchev–Trinajstić information content (AvgIpc) is 2.70. The summed E-state index contributed by atoms with van der Waals surface area (Å²) < 4.78 is 5.46. The SMILES string of the molecule is CC1=C2OC(=O)C(C)=C2C(C)C2(C)C1=CCC(=O)C2C. The van der Waals surface area contributed by atoms with Crippen LogP contribution in [0.4, 0.5) is 0 Å². The first kappa shape index (κ1) is 13.3. The highest BCUT2D eigenvalue weighted by atomic mass is 16.5. The fourth-order valence-corrected chi connectivity index (χ4v) is 4.06. The molecule has 3 rings (SSSR count). The average molecular weight is 272 g/mol. The Kier molecular flexibility index (Phi) is 2.63. The maximum Gasteiger partial charge on any atom is 0.339 e. The number of carbonyl (C=O) groups is 2. The van der Waals surface area contributed by atoms with Crippen LogP contribution in [0.15, 0.2) is 34.1 Å². The largest absolute Gasteiger partial charge is 0.423 e. The molecule has 3 heteroatoms. The van der Waals surface area contributed by atoms with E-state index in [1.807, 2.05) is 26.8 Å². The molecule has 3 atom stereocenters. The molecule has 106 valence electrons. The fourth-order valence-electron chi connectivity index (χ4n) is 4.06. The second-order valence-electron chi connectivity index (χ2n) is 6.40. The van der Waals surface area contributed by atoms with Crippen LogP contribution in [0.25, 0.3) is 0 Å². The molecule has 0 N–H and O–H groups in total. The molecule has 0 aromatic carbocycles. The molecule has 2 aliphatic carbocycles. The van der Waals surface area contributed by atoms with Crippen molar-refractivity contribution in [2.75, 3.05) is 0 Å². The standard InChI is InChI=1S/C17H20O3/c1-8-12-6-7-13(18)10(3)17(12,5)11(4)14-9(2)16(19)20-15(8)14/h6,10-11H,7H2,1-5H3. The van der Waals surface area contributed by atoms with Gasteiger partial charge in [0, 0.05) is 28.9 Å². The Labute approximate surface area is 119 Å². The first-order valence-corrected chi connectivity index (χ1v) is 7.18. The molecule has 0 radical (unpaired) electrons. The van der Waals surface area contributed by atoms with E-state index < -0.39 is 0 Å². The van der Waals surface area contributed by atoms with Crippen molar-refractivity contribution in [2.24, 2.45) is 17.3 Å². The van der Waals surface area contributed by atoms with Gasteiger partial charge in [0.15, 0.2) is 0 Å². The zero-order valence-corrected chi connectivity index (χ0v) is 12.7. The van der Waals surface area contributed by atoms with Gasteiger partial charge in [-0.1, -0.05) is 26.8 Å². The number of rotatable bonds is 0. The van der Waals surface area contributed by atoms with Gasteiger partial charge in [-0.05, 0) is 30.9 Å². The number of fused-ring (bicyclic) bond motifs is 2. The summed E-state index contributed by atoms with van der Waals surface area (Å²) in [4.78, 5) is 24.1. The van der Waals surface area contributed by atoms with E-state index >= 15 is 0 Å². The molecule has 0 aromatic rings. The van der Waals surface area contributed by atoms with E-state index in [0.717, 1.165) is 16.9 Å². The number of Topliss-reactive ketones (excluding diaryl/α,β-unsaturated/α-hetero) is 1. The molecule has 3 unspecified atom stereocenters. The highest BCUT2D eigenvalue weighted by molar-refractivity contribution is 5.95. The van der Waals surface area contributed by atoms with Crippen molar-refractivity contribution in [1.29, 1.82) is 0 Å². The highest BCUT2D eigenvalue weighted by Crippen LogP contribution is 2.58. The van der Waals surface area contributed by atoms with Gasteiger partial charge in [0.2, 0.25) is 0 Å². The van der Waals surface area contributed by atoms with Crippen molar-refractivity contribution >= 4 is 11.8 Å². The van der Waals surface area contributed by atoms with Gasteiger partial charge in [0.25, 0.3) is 0 Å². The van der Waals surface area contributed by atoms with Crippen molar-refractivity contribution in [2.45, 2.75) is 41.0 Å². The third-order valence-corrected chi connectivity index (χ3v) is 5.70. The molecule has 0 amide bonds. The minimum absolute atomic E-state index is 0.0370. The number of hydrogen-bond donors (Lipinski definition) is 0. The summed E-state index contributed by atoms with van der Waals surface area (Å²) in [5.74, 6) is 0.833. The first-order valence-electron chi connectivity index (χ1n) is 7.18. The molecule has 20 heavy (non-hydrogen) atoms. The third kappa shape index (κ3) is 1.36. The Balaban J connectivity index is 2.31. The lowest BCUT2D eigenvalue weighted by molar-refractivity contribution is -0.133. The normalized spacial score (nSPS) is 36.8. The maximum atomic E-state index is 12.2. The van der Waals surface area contributed by atoms with Crippen molar-refractivity contribution in [3.05, 3.63) is 34.1 Å². The van der Waals surface area contributed by atoms with Crippen molar-refractivity contribution < 1.29 is 14.3 Å². The summed E-state index contributed by atoms with van der Waals surface area (Å²) in [6.07, 6.45) is 2.51. The number of carbonyl (C=O) groups excluding carboxylic acids is 2. The van der Waals surface area contributed by atoms with Crippen molar-refractivity contribution in [3.8, 4) is 0 Å². The zero-order chi connectivity index (χ0) is 14.8. The van der Waals surface area contributed by atoms with Crippen LogP contribution in [-0.4, -0.2) is 11.8 Å². The van der Waals surface area contributed by atoms with Gasteiger partial charge >= 0.3 is 5.97 Å². The van der Waals surface area contributed by atoms with Crippen LogP contribution in [0.5, 0.6) is 0 Å². The molecule has 0 aromatic heterocycles. The van der Waals surface area contributed by atoms with Crippen LogP contribution in [-0.2, 0) is 14.3 Å². The van der Waals surface area contributed by atoms with Crippen LogP contribution in [0.1, 0.15) is 41.0 Å². The van der Waals surface area contributed by atoms with Gasteiger partial charge in [0.05, 0.1) is 0 Å². The third-order valence-electron chi connectivity index (χ3n) is 5.70. The summed E-state index contributed by atoms with van der Waals surface area (Å²) in [5.41, 5.74) is 3.64. The maximum absolute atomic E-state index is 12.2. The highest BCUT2D eigenvalue weighted by Gasteiger charge is 2.53. The summed E-state index contributed by atoms with van der Waals surface area (Å²) >= 11 is 0. The Bertz CT molecular complexity index is 633. The van der Waals surface area contributed by atoms with Gasteiger partial charge in [-0.25, -0.2) is 4.79 Å². The van der Waals surface area contributed by atoms with Crippen molar-refractivity contribution in [3.63, 3.8) is 0 Å². The van der Waals surface area contributed by atoms with E-state index in [4.69, 9.17) is 4.74 Å². The minimum Gasteiger partial charge on any atom is -0.423 e. The first-order chi connectivity index (χ1) is 9.30. The molecular weight excluding hydrogens is 252 g/mol. The van der Waals surface area contributed by atoms with Crippen LogP contribution in [0.3, 0.4) is 0 Å². The monoisotopic (exact) mass is 272 g/mol. The Morgan fingerprint density at radius 3 is 2.45 bits per heavy atom. The molecule has 0 saturated carbocycles. The molecule has 0 spiro atoms. The van der Waals surface area contributed by atoms with Gasteiger partial charge in [-0.15, -0.1) is 0 Å². The topological polar surface area (TPSA) is 43.4 Å². The van der Waals surface area contributed by atoms with Gasteiger partial charge in [-0.3, -0.25) is 4.79 Å². The van der Waals surface area contributed by atoms with E-state index in [-0.39, 0.29) is 29.0 Å². The second-order valence-corrected chi connectivity index (χ2v) is 6.40. The van der Waals surface area contributed by atoms with Crippen molar-refractivity contribution in [1.82, 2.24) is 0 Å². The smallest absolute Gasteiger partial charge is 0.339 e. The molecule has 0 fully saturated rings. The number of allylic oxidation sites excluding steroid dienone is 4. The fraction of sp³-hybridized carbons (Fsp3) is 0.529. The Morgan fingerprint density at radius 1 is 1.15 bits per heavy atom. The molecule has 1 heterocycles. The lowest BCUT2D eigenvalue weighted by Gasteiger charge is -2.48. The number of ether oxygens (including phenoxy) is 1. The quantitative estimate of drug-likeness (QED) is 0.635. The zero-order valence-electron chi connectivity index (χ0n) is 12.7. The minimum atomic E-state index is -0.247. The van der Waals surface area contributed by atoms with E-state index in [1.165, 1.54) is 5.57 Å². The van der Waals surface area contributed by atoms with E-state index in [2.05, 4.69) is 13.8 Å². The second kappa shape index (κ2) is 3.94. The predicted molar refractivity (Wildman–Crippen MR) is 75.6 cm³/mol. The summed E-state index contributed by atoms with van der Waals surface area (Å²) in [7, 11) is 0. The molecule has 3 nitrogen and oxygen atoms in total. The molecule has 0 bridgehead atoms. The van der Waals surface area contributed by atoms with E-state index in [0.29, 0.717) is 12.0 Å². The van der Waals surface area contributed by atoms with E-state index in [9.17, 15) is 9.59 Å². The lowest BCUT2D eigenvalue weighted by atomic mass is 9.54. The van der Waals surface area contributed by atoms with Gasteiger partial charge in [0.1, 0.15) is 11.5 Å². The van der Waals surface area contributed by atoms with Crippen LogP contribution < -0.4 is 0 Å². The predicted octanol–water partition coefficient (Wildman–Crippen LogP) is 3.33. The summed E-state index contributed by atoms with van der Waals surface area (Å²) in [6, 6.07) is 0. The van der Waals surface area contributed by atoms with Gasteiger partial charge < -0.3 is 4.74 Å². The summed E-state index contributed by atoms with van der Waals surface area (Å²) in [5, 5.41) is 0. The lowest BCUT2D eigenvalue weighted by Crippen LogP contribution is -2.44. The number of ketones is 1. The molecular formula is C17H20O3. The van der Waals surface area contributed by atoms with Crippen LogP contribution >= 0.6 is 0 Å². The Morgan fingerprint density at radius 2 is 1.80 bits per heavy atom. The van der Waals surface area contributed by atoms with E-state index in [1.54, 1.807) is 0 Å². The molecule has 0 saturated heterocycles. The number of hydrogen-bond acceptors (Lipinski definition) is 3.